The normalized spacial score (nSPS) is 15.6. The second-order valence-electron chi connectivity index (χ2n) is 4.58. The lowest BCUT2D eigenvalue weighted by atomic mass is 10.1. The van der Waals surface area contributed by atoms with Crippen LogP contribution in [0, 0.1) is 0 Å². The predicted octanol–water partition coefficient (Wildman–Crippen LogP) is 3.62. The zero-order valence-corrected chi connectivity index (χ0v) is 11.2. The number of rotatable bonds is 0. The van der Waals surface area contributed by atoms with Crippen molar-refractivity contribution in [1.82, 2.24) is 5.32 Å². The molecule has 0 aromatic heterocycles. The summed E-state index contributed by atoms with van der Waals surface area (Å²) >= 11 is 1.97. The van der Waals surface area contributed by atoms with E-state index >= 15 is 0 Å². The minimum absolute atomic E-state index is 1.05. The van der Waals surface area contributed by atoms with E-state index in [9.17, 15) is 0 Å². The number of fused-ring (bicyclic) bond motifs is 2. The minimum Gasteiger partial charge on any atom is -0.309 e. The molecule has 4 rings (SSSR count). The first-order valence-electron chi connectivity index (χ1n) is 6.42. The lowest BCUT2D eigenvalue weighted by Crippen LogP contribution is -1.99. The molecule has 1 N–H and O–H groups in total. The van der Waals surface area contributed by atoms with Gasteiger partial charge in [-0.3, -0.25) is 0 Å². The van der Waals surface area contributed by atoms with Gasteiger partial charge in [-0.1, -0.05) is 42.5 Å². The Labute approximate surface area is 113 Å². The number of hydrogen-bond acceptors (Lipinski definition) is 2. The van der Waals surface area contributed by atoms with Crippen LogP contribution in [0.15, 0.2) is 53.4 Å². The maximum absolute atomic E-state index is 3.29. The molecule has 92 valence electrons. The van der Waals surface area contributed by atoms with Gasteiger partial charge in [-0.25, -0.2) is 0 Å². The van der Waals surface area contributed by atoms with E-state index in [1.807, 2.05) is 11.8 Å². The molecular formula is C16H17NS. The van der Waals surface area contributed by atoms with E-state index in [0.717, 1.165) is 13.1 Å². The molecule has 2 aliphatic heterocycles. The summed E-state index contributed by atoms with van der Waals surface area (Å²) in [6.07, 6.45) is 1.26. The summed E-state index contributed by atoms with van der Waals surface area (Å²) in [5.74, 6) is 1.28. The van der Waals surface area contributed by atoms with Crippen LogP contribution in [0.1, 0.15) is 16.7 Å². The number of benzene rings is 2. The van der Waals surface area contributed by atoms with Crippen LogP contribution in [0.3, 0.4) is 0 Å². The summed E-state index contributed by atoms with van der Waals surface area (Å²) in [7, 11) is 0. The SMILES string of the molecule is c1ccc2c(c1)CCS2.c1ccc2c(c1)CNC2. The largest absolute Gasteiger partial charge is 0.309 e. The van der Waals surface area contributed by atoms with E-state index < -0.39 is 0 Å². The first-order chi connectivity index (χ1) is 8.93. The van der Waals surface area contributed by atoms with Crippen molar-refractivity contribution in [2.24, 2.45) is 0 Å². The van der Waals surface area contributed by atoms with Crippen LogP contribution in [-0.4, -0.2) is 5.75 Å². The van der Waals surface area contributed by atoms with Crippen LogP contribution < -0.4 is 5.32 Å². The lowest BCUT2D eigenvalue weighted by Gasteiger charge is -1.92. The summed E-state index contributed by atoms with van der Waals surface area (Å²) in [6.45, 7) is 2.10. The monoisotopic (exact) mass is 255 g/mol. The standard InChI is InChI=1S/C8H9N.C8H8S/c1-2-4-8-6-9-5-7(8)3-1;1-2-4-8-7(3-1)5-6-9-8/h1-4,9H,5-6H2;1-4H,5-6H2. The highest BCUT2D eigenvalue weighted by Crippen LogP contribution is 2.30. The third kappa shape index (κ3) is 2.60. The van der Waals surface area contributed by atoms with Gasteiger partial charge in [0.15, 0.2) is 0 Å². The molecule has 0 radical (unpaired) electrons. The Hall–Kier alpha value is -1.25. The molecule has 0 fully saturated rings. The summed E-state index contributed by atoms with van der Waals surface area (Å²) in [5, 5.41) is 3.29. The van der Waals surface area contributed by atoms with Gasteiger partial charge < -0.3 is 5.32 Å². The number of aryl methyl sites for hydroxylation is 1. The van der Waals surface area contributed by atoms with E-state index in [1.54, 1.807) is 0 Å². The van der Waals surface area contributed by atoms with Crippen molar-refractivity contribution in [1.29, 1.82) is 0 Å². The third-order valence-electron chi connectivity index (χ3n) is 3.35. The quantitative estimate of drug-likeness (QED) is 0.771. The molecular weight excluding hydrogens is 238 g/mol. The molecule has 2 aromatic carbocycles. The molecule has 0 saturated carbocycles. The second kappa shape index (κ2) is 5.59. The average Bonchev–Trinajstić information content (AvgIpc) is 3.08. The fraction of sp³-hybridized carbons (Fsp3) is 0.250. The fourth-order valence-electron chi connectivity index (χ4n) is 2.36. The molecule has 2 aliphatic rings. The van der Waals surface area contributed by atoms with Crippen molar-refractivity contribution in [3.05, 3.63) is 65.2 Å². The molecule has 2 heteroatoms. The van der Waals surface area contributed by atoms with E-state index in [2.05, 4.69) is 53.8 Å². The van der Waals surface area contributed by atoms with Gasteiger partial charge in [-0.15, -0.1) is 11.8 Å². The molecule has 0 atom stereocenters. The minimum atomic E-state index is 1.05. The molecule has 0 spiro atoms. The molecule has 0 saturated heterocycles. The Morgan fingerprint density at radius 1 is 0.778 bits per heavy atom. The smallest absolute Gasteiger partial charge is 0.0211 e. The summed E-state index contributed by atoms with van der Waals surface area (Å²) in [5.41, 5.74) is 4.44. The van der Waals surface area contributed by atoms with Crippen LogP contribution in [0.25, 0.3) is 0 Å². The van der Waals surface area contributed by atoms with Crippen molar-refractivity contribution in [2.45, 2.75) is 24.4 Å². The predicted molar refractivity (Wildman–Crippen MR) is 77.9 cm³/mol. The molecule has 0 amide bonds. The average molecular weight is 255 g/mol. The van der Waals surface area contributed by atoms with Crippen LogP contribution in [-0.2, 0) is 19.5 Å². The first kappa shape index (κ1) is 11.8. The molecule has 18 heavy (non-hydrogen) atoms. The third-order valence-corrected chi connectivity index (χ3v) is 4.47. The van der Waals surface area contributed by atoms with Gasteiger partial charge in [-0.2, -0.15) is 0 Å². The first-order valence-corrected chi connectivity index (χ1v) is 7.40. The molecule has 0 bridgehead atoms. The van der Waals surface area contributed by atoms with E-state index in [1.165, 1.54) is 33.8 Å². The van der Waals surface area contributed by atoms with Crippen molar-refractivity contribution in [3.63, 3.8) is 0 Å². The molecule has 2 heterocycles. The van der Waals surface area contributed by atoms with Crippen LogP contribution in [0.5, 0.6) is 0 Å². The maximum Gasteiger partial charge on any atom is 0.0211 e. The van der Waals surface area contributed by atoms with Gasteiger partial charge in [0.25, 0.3) is 0 Å². The molecule has 0 unspecified atom stereocenters. The van der Waals surface area contributed by atoms with Gasteiger partial charge in [0.05, 0.1) is 0 Å². The lowest BCUT2D eigenvalue weighted by molar-refractivity contribution is 0.765. The van der Waals surface area contributed by atoms with Crippen LogP contribution in [0.4, 0.5) is 0 Å². The van der Waals surface area contributed by atoms with Crippen molar-refractivity contribution in [2.75, 3.05) is 5.75 Å². The Kier molecular flexibility index (Phi) is 3.67. The van der Waals surface area contributed by atoms with Gasteiger partial charge >= 0.3 is 0 Å². The topological polar surface area (TPSA) is 12.0 Å². The highest BCUT2D eigenvalue weighted by atomic mass is 32.2. The number of thioether (sulfide) groups is 1. The maximum atomic E-state index is 3.29. The zero-order chi connectivity index (χ0) is 12.2. The van der Waals surface area contributed by atoms with Crippen LogP contribution >= 0.6 is 11.8 Å². The number of nitrogens with one attached hydrogen (secondary N) is 1. The highest BCUT2D eigenvalue weighted by Gasteiger charge is 2.08. The van der Waals surface area contributed by atoms with Crippen molar-refractivity contribution in [3.8, 4) is 0 Å². The van der Waals surface area contributed by atoms with E-state index in [4.69, 9.17) is 0 Å². The molecule has 2 aromatic rings. The van der Waals surface area contributed by atoms with Crippen molar-refractivity contribution < 1.29 is 0 Å². The Morgan fingerprint density at radius 3 is 2.06 bits per heavy atom. The fourth-order valence-corrected chi connectivity index (χ4v) is 3.43. The Balaban J connectivity index is 0.000000111. The van der Waals surface area contributed by atoms with Crippen LogP contribution in [0.2, 0.25) is 0 Å². The van der Waals surface area contributed by atoms with Gasteiger partial charge in [0, 0.05) is 23.7 Å². The van der Waals surface area contributed by atoms with Crippen molar-refractivity contribution >= 4 is 11.8 Å². The second-order valence-corrected chi connectivity index (χ2v) is 5.72. The Bertz CT molecular complexity index is 441. The van der Waals surface area contributed by atoms with E-state index in [0.29, 0.717) is 0 Å². The Morgan fingerprint density at radius 2 is 1.39 bits per heavy atom. The zero-order valence-electron chi connectivity index (χ0n) is 10.4. The highest BCUT2D eigenvalue weighted by molar-refractivity contribution is 7.99. The number of hydrogen-bond donors (Lipinski definition) is 1. The summed E-state index contributed by atoms with van der Waals surface area (Å²) in [6, 6.07) is 17.2. The van der Waals surface area contributed by atoms with Gasteiger partial charge in [-0.05, 0) is 29.2 Å². The summed E-state index contributed by atoms with van der Waals surface area (Å²) in [4.78, 5) is 1.48. The van der Waals surface area contributed by atoms with Gasteiger partial charge in [0.1, 0.15) is 0 Å². The van der Waals surface area contributed by atoms with E-state index in [-0.39, 0.29) is 0 Å². The molecule has 0 aliphatic carbocycles. The molecule has 1 nitrogen and oxygen atoms in total. The summed E-state index contributed by atoms with van der Waals surface area (Å²) < 4.78 is 0. The van der Waals surface area contributed by atoms with Gasteiger partial charge in [0.2, 0.25) is 0 Å².